The van der Waals surface area contributed by atoms with E-state index in [0.717, 1.165) is 15.8 Å². The SMILES string of the molecule is Cc1ccc(-n2c(C)nnc2SCC(=O)c2c(N)n(CC(C)C)c(=O)n(C)c2=O)cc1. The second kappa shape index (κ2) is 8.93. The largest absolute Gasteiger partial charge is 0.384 e. The molecule has 0 spiro atoms. The van der Waals surface area contributed by atoms with Crippen LogP contribution in [-0.4, -0.2) is 35.4 Å². The van der Waals surface area contributed by atoms with Crippen molar-refractivity contribution in [1.82, 2.24) is 23.9 Å². The van der Waals surface area contributed by atoms with E-state index < -0.39 is 17.0 Å². The van der Waals surface area contributed by atoms with E-state index in [4.69, 9.17) is 5.73 Å². The average molecular weight is 443 g/mol. The number of carbonyl (C=O) groups is 1. The third-order valence-electron chi connectivity index (χ3n) is 4.83. The average Bonchev–Trinajstić information content (AvgIpc) is 3.09. The number of nitrogen functional groups attached to an aromatic ring is 1. The lowest BCUT2D eigenvalue weighted by Gasteiger charge is -2.16. The first-order chi connectivity index (χ1) is 14.6. The zero-order valence-electron chi connectivity index (χ0n) is 18.2. The fourth-order valence-electron chi connectivity index (χ4n) is 3.22. The van der Waals surface area contributed by atoms with Gasteiger partial charge in [0.2, 0.25) is 0 Å². The van der Waals surface area contributed by atoms with Crippen LogP contribution in [0.3, 0.4) is 0 Å². The number of Topliss-reactive ketones (excluding diaryl/α,β-unsaturated/α-hetero) is 1. The maximum absolute atomic E-state index is 13.0. The van der Waals surface area contributed by atoms with Crippen LogP contribution < -0.4 is 17.0 Å². The lowest BCUT2D eigenvalue weighted by molar-refractivity contribution is 0.102. The molecule has 0 unspecified atom stereocenters. The van der Waals surface area contributed by atoms with Gasteiger partial charge in [0.25, 0.3) is 5.56 Å². The molecule has 1 aromatic carbocycles. The monoisotopic (exact) mass is 442 g/mol. The molecular formula is C21H26N6O3S. The molecule has 9 nitrogen and oxygen atoms in total. The van der Waals surface area contributed by atoms with Gasteiger partial charge in [-0.15, -0.1) is 10.2 Å². The van der Waals surface area contributed by atoms with Crippen LogP contribution in [0.5, 0.6) is 0 Å². The van der Waals surface area contributed by atoms with Crippen molar-refractivity contribution in [2.75, 3.05) is 11.5 Å². The van der Waals surface area contributed by atoms with Crippen LogP contribution in [0.25, 0.3) is 5.69 Å². The Morgan fingerprint density at radius 3 is 2.39 bits per heavy atom. The highest BCUT2D eigenvalue weighted by atomic mass is 32.2. The summed E-state index contributed by atoms with van der Waals surface area (Å²) < 4.78 is 4.05. The van der Waals surface area contributed by atoms with Crippen molar-refractivity contribution in [3.05, 3.63) is 62.1 Å². The number of thioether (sulfide) groups is 1. The van der Waals surface area contributed by atoms with Gasteiger partial charge in [-0.05, 0) is 31.9 Å². The van der Waals surface area contributed by atoms with Crippen LogP contribution in [0.1, 0.15) is 35.6 Å². The predicted octanol–water partition coefficient (Wildman–Crippen LogP) is 1.96. The number of aromatic nitrogens is 5. The van der Waals surface area contributed by atoms with E-state index in [-0.39, 0.29) is 23.1 Å². The van der Waals surface area contributed by atoms with E-state index in [0.29, 0.717) is 17.5 Å². The molecule has 0 aliphatic heterocycles. The number of benzene rings is 1. The lowest BCUT2D eigenvalue weighted by atomic mass is 10.2. The first-order valence-corrected chi connectivity index (χ1v) is 10.8. The number of rotatable bonds is 7. The molecule has 3 rings (SSSR count). The molecule has 2 aromatic heterocycles. The van der Waals surface area contributed by atoms with Crippen molar-refractivity contribution in [3.63, 3.8) is 0 Å². The molecule has 2 N–H and O–H groups in total. The Labute approximate surface area is 183 Å². The highest BCUT2D eigenvalue weighted by Crippen LogP contribution is 2.23. The maximum Gasteiger partial charge on any atom is 0.332 e. The van der Waals surface area contributed by atoms with Gasteiger partial charge < -0.3 is 5.73 Å². The van der Waals surface area contributed by atoms with Gasteiger partial charge in [-0.3, -0.25) is 23.3 Å². The molecular weight excluding hydrogens is 416 g/mol. The summed E-state index contributed by atoms with van der Waals surface area (Å²) in [6, 6.07) is 7.87. The smallest absolute Gasteiger partial charge is 0.332 e. The van der Waals surface area contributed by atoms with E-state index in [9.17, 15) is 14.4 Å². The number of nitrogens with two attached hydrogens (primary N) is 1. The Balaban J connectivity index is 1.92. The molecule has 0 saturated heterocycles. The van der Waals surface area contributed by atoms with Crippen LogP contribution in [0.2, 0.25) is 0 Å². The number of hydrogen-bond acceptors (Lipinski definition) is 7. The highest BCUT2D eigenvalue weighted by molar-refractivity contribution is 7.99. The van der Waals surface area contributed by atoms with Gasteiger partial charge in [0.1, 0.15) is 17.2 Å². The van der Waals surface area contributed by atoms with E-state index >= 15 is 0 Å². The fraction of sp³-hybridized carbons (Fsp3) is 0.381. The summed E-state index contributed by atoms with van der Waals surface area (Å²) in [7, 11) is 1.35. The summed E-state index contributed by atoms with van der Waals surface area (Å²) in [6.45, 7) is 7.99. The molecule has 0 fully saturated rings. The minimum absolute atomic E-state index is 0.0662. The number of aryl methyl sites for hydroxylation is 2. The van der Waals surface area contributed by atoms with Gasteiger partial charge in [-0.1, -0.05) is 43.3 Å². The summed E-state index contributed by atoms with van der Waals surface area (Å²) in [6.07, 6.45) is 0. The van der Waals surface area contributed by atoms with Gasteiger partial charge >= 0.3 is 5.69 Å². The number of ketones is 1. The fourth-order valence-corrected chi connectivity index (χ4v) is 4.09. The number of carbonyl (C=O) groups excluding carboxylic acids is 1. The molecule has 2 heterocycles. The number of hydrogen-bond donors (Lipinski definition) is 1. The van der Waals surface area contributed by atoms with Crippen molar-refractivity contribution < 1.29 is 4.79 Å². The van der Waals surface area contributed by atoms with Crippen LogP contribution in [-0.2, 0) is 13.6 Å². The van der Waals surface area contributed by atoms with Crippen LogP contribution in [0, 0.1) is 19.8 Å². The molecule has 0 amide bonds. The Hall–Kier alpha value is -3.14. The Bertz CT molecular complexity index is 1240. The standard InChI is InChI=1S/C21H26N6O3S/c1-12(2)10-26-18(22)17(19(29)25(5)21(26)30)16(28)11-31-20-24-23-14(4)27(20)15-8-6-13(3)7-9-15/h6-9,12H,10-11,22H2,1-5H3. The van der Waals surface area contributed by atoms with Crippen molar-refractivity contribution in [2.45, 2.75) is 39.4 Å². The minimum atomic E-state index is -0.690. The number of nitrogens with zero attached hydrogens (tertiary/aromatic N) is 5. The molecule has 3 aromatic rings. The first-order valence-electron chi connectivity index (χ1n) is 9.86. The number of anilines is 1. The van der Waals surface area contributed by atoms with Gasteiger partial charge in [-0.25, -0.2) is 4.79 Å². The van der Waals surface area contributed by atoms with Crippen molar-refractivity contribution in [3.8, 4) is 5.69 Å². The van der Waals surface area contributed by atoms with Crippen molar-refractivity contribution >= 4 is 23.4 Å². The summed E-state index contributed by atoms with van der Waals surface area (Å²) in [5, 5.41) is 8.81. The van der Waals surface area contributed by atoms with Gasteiger partial charge in [0.15, 0.2) is 10.9 Å². The van der Waals surface area contributed by atoms with E-state index in [1.165, 1.54) is 23.4 Å². The van der Waals surface area contributed by atoms with E-state index in [2.05, 4.69) is 10.2 Å². The van der Waals surface area contributed by atoms with Crippen molar-refractivity contribution in [1.29, 1.82) is 0 Å². The van der Waals surface area contributed by atoms with Gasteiger partial charge in [-0.2, -0.15) is 0 Å². The molecule has 10 heteroatoms. The molecule has 0 aliphatic rings. The second-order valence-corrected chi connectivity index (χ2v) is 8.77. The summed E-state index contributed by atoms with van der Waals surface area (Å²) in [4.78, 5) is 38.0. The Kier molecular flexibility index (Phi) is 6.49. The van der Waals surface area contributed by atoms with E-state index in [1.54, 1.807) is 0 Å². The quantitative estimate of drug-likeness (QED) is 0.439. The molecule has 0 aliphatic carbocycles. The zero-order valence-corrected chi connectivity index (χ0v) is 19.1. The third-order valence-corrected chi connectivity index (χ3v) is 5.76. The Morgan fingerprint density at radius 1 is 1.13 bits per heavy atom. The summed E-state index contributed by atoms with van der Waals surface area (Å²) >= 11 is 1.17. The molecule has 0 saturated carbocycles. The third kappa shape index (κ3) is 4.48. The molecule has 31 heavy (non-hydrogen) atoms. The molecule has 0 radical (unpaired) electrons. The van der Waals surface area contributed by atoms with Crippen molar-refractivity contribution in [2.24, 2.45) is 13.0 Å². The van der Waals surface area contributed by atoms with Gasteiger partial charge in [0, 0.05) is 19.3 Å². The van der Waals surface area contributed by atoms with Gasteiger partial charge in [0.05, 0.1) is 5.75 Å². The second-order valence-electron chi connectivity index (χ2n) is 7.82. The molecule has 0 bridgehead atoms. The van der Waals surface area contributed by atoms with Crippen LogP contribution in [0.4, 0.5) is 5.82 Å². The first kappa shape index (κ1) is 22.5. The van der Waals surface area contributed by atoms with Crippen LogP contribution in [0.15, 0.2) is 39.0 Å². The van der Waals surface area contributed by atoms with Crippen LogP contribution >= 0.6 is 11.8 Å². The molecule has 164 valence electrons. The normalized spacial score (nSPS) is 11.3. The summed E-state index contributed by atoms with van der Waals surface area (Å²) in [5.74, 6) is 0.175. The summed E-state index contributed by atoms with van der Waals surface area (Å²) in [5.41, 5.74) is 6.71. The maximum atomic E-state index is 13.0. The predicted molar refractivity (Wildman–Crippen MR) is 121 cm³/mol. The molecule has 0 atom stereocenters. The lowest BCUT2D eigenvalue weighted by Crippen LogP contribution is -2.43. The Morgan fingerprint density at radius 2 is 1.77 bits per heavy atom. The minimum Gasteiger partial charge on any atom is -0.384 e. The van der Waals surface area contributed by atoms with E-state index in [1.807, 2.05) is 56.5 Å². The zero-order chi connectivity index (χ0) is 22.9. The highest BCUT2D eigenvalue weighted by Gasteiger charge is 2.23. The topological polar surface area (TPSA) is 118 Å².